The lowest BCUT2D eigenvalue weighted by Crippen LogP contribution is -2.21. The highest BCUT2D eigenvalue weighted by Gasteiger charge is 2.17. The second-order valence-corrected chi connectivity index (χ2v) is 30.2. The van der Waals surface area contributed by atoms with Gasteiger partial charge in [-0.25, -0.2) is 0 Å². The van der Waals surface area contributed by atoms with E-state index >= 15 is 0 Å². The van der Waals surface area contributed by atoms with Crippen LogP contribution in [-0.4, -0.2) is 52.0 Å². The smallest absolute Gasteiger partial charge is 0.196 e. The van der Waals surface area contributed by atoms with Gasteiger partial charge in [-0.05, 0) is 25.3 Å². The van der Waals surface area contributed by atoms with Crippen LogP contribution in [0.25, 0.3) is 0 Å². The SMILES string of the molecule is C=C(C)C(=S)CC[Si](C)(C)C.C=C(O)C(=S)CC[Si](C)(C)C.C=C(OC)C(=O)CC[Si](C)(C)C. The monoisotopic (exact) mass is 560 g/mol. The molecular formula is C26H52O3S2Si3. The Balaban J connectivity index is -0.000000425. The normalized spacial score (nSPS) is 11.1. The van der Waals surface area contributed by atoms with E-state index in [0.717, 1.165) is 35.4 Å². The first-order valence-electron chi connectivity index (χ1n) is 11.9. The van der Waals surface area contributed by atoms with E-state index in [9.17, 15) is 4.79 Å². The van der Waals surface area contributed by atoms with E-state index in [2.05, 4.69) is 78.7 Å². The van der Waals surface area contributed by atoms with Crippen LogP contribution in [0.5, 0.6) is 0 Å². The Hall–Kier alpha value is -0.679. The van der Waals surface area contributed by atoms with Crippen LogP contribution in [0.3, 0.4) is 0 Å². The Morgan fingerprint density at radius 2 is 1.06 bits per heavy atom. The van der Waals surface area contributed by atoms with Gasteiger partial charge in [0.1, 0.15) is 5.76 Å². The van der Waals surface area contributed by atoms with Crippen molar-refractivity contribution in [1.29, 1.82) is 0 Å². The number of carbonyl (C=O) groups is 1. The highest BCUT2D eigenvalue weighted by atomic mass is 32.1. The summed E-state index contributed by atoms with van der Waals surface area (Å²) in [7, 11) is -1.52. The van der Waals surface area contributed by atoms with Gasteiger partial charge in [-0.2, -0.15) is 0 Å². The van der Waals surface area contributed by atoms with Gasteiger partial charge in [0, 0.05) is 35.5 Å². The highest BCUT2D eigenvalue weighted by Crippen LogP contribution is 2.15. The fourth-order valence-electron chi connectivity index (χ4n) is 2.08. The molecule has 0 aromatic carbocycles. The second-order valence-electron chi connectivity index (χ2n) is 12.3. The maximum Gasteiger partial charge on any atom is 0.196 e. The molecule has 0 bridgehead atoms. The van der Waals surface area contributed by atoms with Crippen molar-refractivity contribution in [3.05, 3.63) is 36.8 Å². The van der Waals surface area contributed by atoms with Gasteiger partial charge in [0.05, 0.1) is 12.0 Å². The van der Waals surface area contributed by atoms with Crippen LogP contribution in [0.2, 0.25) is 77.1 Å². The minimum atomic E-state index is -1.10. The van der Waals surface area contributed by atoms with Gasteiger partial charge in [0.25, 0.3) is 0 Å². The number of carbonyl (C=O) groups excluding carboxylic acids is 1. The number of Topliss-reactive ketones (excluding diaryl/α,β-unsaturated/α-hetero) is 1. The molecule has 0 aliphatic rings. The number of ether oxygens (including phenoxy) is 1. The predicted octanol–water partition coefficient (Wildman–Crippen LogP) is 9.26. The molecule has 8 heteroatoms. The molecule has 198 valence electrons. The van der Waals surface area contributed by atoms with E-state index in [-0.39, 0.29) is 17.3 Å². The lowest BCUT2D eigenvalue weighted by atomic mass is 10.2. The van der Waals surface area contributed by atoms with Gasteiger partial charge in [-0.1, -0.05) is 121 Å². The van der Waals surface area contributed by atoms with E-state index in [1.54, 1.807) is 0 Å². The maximum absolute atomic E-state index is 11.2. The number of rotatable bonds is 13. The Morgan fingerprint density at radius 3 is 1.32 bits per heavy atom. The molecule has 0 rings (SSSR count). The fourth-order valence-corrected chi connectivity index (χ4v) is 5.62. The van der Waals surface area contributed by atoms with E-state index in [4.69, 9.17) is 34.3 Å². The summed E-state index contributed by atoms with van der Waals surface area (Å²) in [5, 5.41) is 8.90. The molecule has 0 amide bonds. The van der Waals surface area contributed by atoms with Gasteiger partial charge < -0.3 is 9.84 Å². The molecule has 0 aliphatic heterocycles. The molecule has 3 nitrogen and oxygen atoms in total. The molecule has 0 saturated heterocycles. The first-order valence-corrected chi connectivity index (χ1v) is 23.8. The molecule has 0 radical (unpaired) electrons. The van der Waals surface area contributed by atoms with Crippen molar-refractivity contribution in [3.8, 4) is 0 Å². The molecule has 0 spiro atoms. The van der Waals surface area contributed by atoms with E-state index in [1.165, 1.54) is 13.2 Å². The van der Waals surface area contributed by atoms with Crippen LogP contribution in [0.15, 0.2) is 36.8 Å². The van der Waals surface area contributed by atoms with E-state index in [1.807, 2.05) is 6.92 Å². The summed E-state index contributed by atoms with van der Waals surface area (Å²) >= 11 is 10.1. The summed E-state index contributed by atoms with van der Waals surface area (Å²) in [6.07, 6.45) is 2.48. The third-order valence-corrected chi connectivity index (χ3v) is 10.9. The second kappa shape index (κ2) is 17.7. The van der Waals surface area contributed by atoms with Crippen LogP contribution in [0, 0.1) is 0 Å². The fraction of sp³-hybridized carbons (Fsp3) is 0.654. The summed E-state index contributed by atoms with van der Waals surface area (Å²) in [4.78, 5) is 12.9. The molecular weight excluding hydrogens is 509 g/mol. The molecule has 0 atom stereocenters. The average molecular weight is 561 g/mol. The zero-order chi connectivity index (χ0) is 27.9. The van der Waals surface area contributed by atoms with Crippen LogP contribution in [0.4, 0.5) is 0 Å². The number of hydrogen-bond acceptors (Lipinski definition) is 5. The van der Waals surface area contributed by atoms with Crippen molar-refractivity contribution < 1.29 is 14.6 Å². The molecule has 0 heterocycles. The lowest BCUT2D eigenvalue weighted by molar-refractivity contribution is -0.118. The van der Waals surface area contributed by atoms with Crippen LogP contribution < -0.4 is 0 Å². The summed E-state index contributed by atoms with van der Waals surface area (Å²) in [6, 6.07) is 3.43. The van der Waals surface area contributed by atoms with Crippen LogP contribution >= 0.6 is 24.4 Å². The quantitative estimate of drug-likeness (QED) is 0.105. The van der Waals surface area contributed by atoms with Crippen molar-refractivity contribution in [2.75, 3.05) is 7.11 Å². The number of ketones is 1. The van der Waals surface area contributed by atoms with E-state index in [0.29, 0.717) is 11.3 Å². The number of aliphatic hydroxyl groups excluding tert-OH is 1. The highest BCUT2D eigenvalue weighted by molar-refractivity contribution is 7.81. The summed E-state index contributed by atoms with van der Waals surface area (Å²) < 4.78 is 4.75. The largest absolute Gasteiger partial charge is 0.507 e. The number of hydrogen-bond donors (Lipinski definition) is 1. The number of allylic oxidation sites excluding steroid dienone is 3. The first-order chi connectivity index (χ1) is 15.0. The van der Waals surface area contributed by atoms with Crippen molar-refractivity contribution >= 4 is 64.2 Å². The third-order valence-electron chi connectivity index (χ3n) is 4.66. The van der Waals surface area contributed by atoms with Gasteiger partial charge >= 0.3 is 0 Å². The number of methoxy groups -OCH3 is 1. The van der Waals surface area contributed by atoms with Crippen molar-refractivity contribution in [2.45, 2.75) is 103 Å². The molecule has 0 aromatic heterocycles. The number of aliphatic hydroxyl groups is 1. The van der Waals surface area contributed by atoms with Crippen LogP contribution in [0.1, 0.15) is 26.2 Å². The maximum atomic E-state index is 11.2. The minimum Gasteiger partial charge on any atom is -0.507 e. The summed E-state index contributed by atoms with van der Waals surface area (Å²) in [5.74, 6) is 0.395. The molecule has 1 N–H and O–H groups in total. The molecule has 0 unspecified atom stereocenters. The lowest BCUT2D eigenvalue weighted by Gasteiger charge is -2.15. The molecule has 0 saturated carbocycles. The molecule has 0 aromatic rings. The van der Waals surface area contributed by atoms with Crippen molar-refractivity contribution in [1.82, 2.24) is 0 Å². The predicted molar refractivity (Wildman–Crippen MR) is 171 cm³/mol. The Morgan fingerprint density at radius 1 is 0.735 bits per heavy atom. The molecule has 0 fully saturated rings. The van der Waals surface area contributed by atoms with Gasteiger partial charge in [-0.3, -0.25) is 4.79 Å². The summed E-state index contributed by atoms with van der Waals surface area (Å²) in [5.41, 5.74) is 1.07. The minimum absolute atomic E-state index is 0.0416. The first kappa shape index (κ1) is 37.9. The van der Waals surface area contributed by atoms with E-state index < -0.39 is 24.2 Å². The van der Waals surface area contributed by atoms with Gasteiger partial charge in [0.15, 0.2) is 11.5 Å². The summed E-state index contributed by atoms with van der Waals surface area (Å²) in [6.45, 7) is 33.4. The molecule has 34 heavy (non-hydrogen) atoms. The topological polar surface area (TPSA) is 46.5 Å². The van der Waals surface area contributed by atoms with Gasteiger partial charge in [0.2, 0.25) is 0 Å². The van der Waals surface area contributed by atoms with Crippen LogP contribution in [-0.2, 0) is 9.53 Å². The van der Waals surface area contributed by atoms with Crippen molar-refractivity contribution in [3.63, 3.8) is 0 Å². The zero-order valence-corrected chi connectivity index (χ0v) is 28.6. The Bertz CT molecular complexity index is 670. The Kier molecular flexibility index (Phi) is 19.7. The zero-order valence-electron chi connectivity index (χ0n) is 23.9. The Labute approximate surface area is 225 Å². The molecule has 0 aliphatic carbocycles. The average Bonchev–Trinajstić information content (AvgIpc) is 2.66. The van der Waals surface area contributed by atoms with Gasteiger partial charge in [-0.15, -0.1) is 0 Å². The van der Waals surface area contributed by atoms with Crippen molar-refractivity contribution in [2.24, 2.45) is 0 Å². The number of thiocarbonyl (C=S) groups is 2. The standard InChI is InChI=1S/C9H18O2Si.C9H18SSi.C8H16OSSi/c1-8(11-2)9(10)6-7-12(3,4)5;1-8(2)9(10)6-7-11(3,4)5;1-7(9)8(10)5-6-11(2,3)4/h1,6-7H2,2-5H3;1,6-7H2,2-5H3;9H,1,5-6H2,2-4H3. The third kappa shape index (κ3) is 29.4.